The van der Waals surface area contributed by atoms with Crippen LogP contribution in [0.4, 0.5) is 5.13 Å². The van der Waals surface area contributed by atoms with Crippen LogP contribution < -0.4 is 5.32 Å². The van der Waals surface area contributed by atoms with E-state index in [9.17, 15) is 4.79 Å². The van der Waals surface area contributed by atoms with Crippen LogP contribution in [-0.2, 0) is 7.05 Å². The molecule has 25 heavy (non-hydrogen) atoms. The van der Waals surface area contributed by atoms with Gasteiger partial charge in [0.15, 0.2) is 5.13 Å². The number of benzene rings is 1. The lowest BCUT2D eigenvalue weighted by atomic mass is 9.80. The highest BCUT2D eigenvalue weighted by atomic mass is 35.5. The van der Waals surface area contributed by atoms with Crippen molar-refractivity contribution in [3.63, 3.8) is 0 Å². The molecular weight excluding hydrogens is 356 g/mol. The molecule has 2 aromatic heterocycles. The monoisotopic (exact) mass is 372 g/mol. The van der Waals surface area contributed by atoms with E-state index in [1.165, 1.54) is 17.8 Å². The van der Waals surface area contributed by atoms with Gasteiger partial charge in [0.05, 0.1) is 11.1 Å². The molecule has 4 rings (SSSR count). The number of nitrogens with zero attached hydrogens (tertiary/aromatic N) is 3. The number of aromatic nitrogens is 3. The van der Waals surface area contributed by atoms with E-state index >= 15 is 0 Å². The van der Waals surface area contributed by atoms with Crippen LogP contribution in [0.1, 0.15) is 41.2 Å². The molecule has 7 heteroatoms. The maximum absolute atomic E-state index is 12.7. The second kappa shape index (κ2) is 6.61. The smallest absolute Gasteiger partial charge is 0.275 e. The molecule has 0 bridgehead atoms. The molecule has 0 spiro atoms. The Kier molecular flexibility index (Phi) is 4.31. The van der Waals surface area contributed by atoms with Crippen molar-refractivity contribution in [3.05, 3.63) is 52.9 Å². The van der Waals surface area contributed by atoms with Gasteiger partial charge >= 0.3 is 0 Å². The second-order valence-corrected chi connectivity index (χ2v) is 7.66. The van der Waals surface area contributed by atoms with Crippen molar-refractivity contribution in [1.29, 1.82) is 0 Å². The highest BCUT2D eigenvalue weighted by Crippen LogP contribution is 2.38. The summed E-state index contributed by atoms with van der Waals surface area (Å²) in [5, 5.41) is 8.46. The van der Waals surface area contributed by atoms with Crippen LogP contribution in [0.25, 0.3) is 10.4 Å². The number of thiazole rings is 1. The summed E-state index contributed by atoms with van der Waals surface area (Å²) >= 11 is 7.37. The molecule has 128 valence electrons. The number of carbonyl (C=O) groups excluding carboxylic acids is 1. The molecule has 0 aliphatic heterocycles. The van der Waals surface area contributed by atoms with Gasteiger partial charge in [-0.1, -0.05) is 41.5 Å². The normalized spacial score (nSPS) is 14.3. The van der Waals surface area contributed by atoms with Crippen LogP contribution >= 0.6 is 22.9 Å². The molecule has 0 saturated heterocycles. The summed E-state index contributed by atoms with van der Waals surface area (Å²) in [5.41, 5.74) is 2.70. The van der Waals surface area contributed by atoms with Crippen molar-refractivity contribution in [1.82, 2.24) is 14.8 Å². The van der Waals surface area contributed by atoms with Crippen molar-refractivity contribution in [2.75, 3.05) is 5.32 Å². The van der Waals surface area contributed by atoms with Gasteiger partial charge in [-0.05, 0) is 36.5 Å². The van der Waals surface area contributed by atoms with E-state index in [4.69, 9.17) is 11.6 Å². The summed E-state index contributed by atoms with van der Waals surface area (Å²) < 4.78 is 1.65. The number of carbonyl (C=O) groups is 1. The molecule has 1 aliphatic carbocycles. The van der Waals surface area contributed by atoms with Gasteiger partial charge in [0.1, 0.15) is 5.69 Å². The summed E-state index contributed by atoms with van der Waals surface area (Å²) in [7, 11) is 1.80. The van der Waals surface area contributed by atoms with Crippen molar-refractivity contribution >= 4 is 34.0 Å². The first-order chi connectivity index (χ1) is 12.1. The summed E-state index contributed by atoms with van der Waals surface area (Å²) in [5.74, 6) is 0.300. The third kappa shape index (κ3) is 3.19. The number of aryl methyl sites for hydroxylation is 1. The van der Waals surface area contributed by atoms with Gasteiger partial charge in [0.2, 0.25) is 0 Å². The first-order valence-electron chi connectivity index (χ1n) is 8.17. The molecule has 1 N–H and O–H groups in total. The van der Waals surface area contributed by atoms with Gasteiger partial charge in [-0.3, -0.25) is 14.8 Å². The minimum absolute atomic E-state index is 0.154. The van der Waals surface area contributed by atoms with Crippen LogP contribution in [0.2, 0.25) is 5.02 Å². The molecule has 1 amide bonds. The fourth-order valence-electron chi connectivity index (χ4n) is 2.99. The zero-order valence-electron chi connectivity index (χ0n) is 13.7. The van der Waals surface area contributed by atoms with Gasteiger partial charge in [-0.2, -0.15) is 5.10 Å². The standard InChI is InChI=1S/C18H17ClN4OS/c1-23-16(14(9-21-23)11-3-2-4-11)17(24)22-18-20-10-15(25-18)12-5-7-13(19)8-6-12/h5-11H,2-4H2,1H3,(H,20,22,24). The zero-order valence-corrected chi connectivity index (χ0v) is 15.3. The molecule has 3 aromatic rings. The van der Waals surface area contributed by atoms with E-state index in [1.54, 1.807) is 17.9 Å². The molecule has 1 fully saturated rings. The van der Waals surface area contributed by atoms with Crippen LogP contribution in [-0.4, -0.2) is 20.7 Å². The van der Waals surface area contributed by atoms with E-state index in [0.29, 0.717) is 21.8 Å². The number of rotatable bonds is 4. The summed E-state index contributed by atoms with van der Waals surface area (Å²) in [6.07, 6.45) is 7.06. The Morgan fingerprint density at radius 3 is 2.72 bits per heavy atom. The number of anilines is 1. The molecule has 0 unspecified atom stereocenters. The molecule has 1 aliphatic rings. The van der Waals surface area contributed by atoms with E-state index in [-0.39, 0.29) is 5.91 Å². The maximum atomic E-state index is 12.7. The molecule has 1 saturated carbocycles. The third-order valence-corrected chi connectivity index (χ3v) is 5.80. The average molecular weight is 373 g/mol. The SMILES string of the molecule is Cn1ncc(C2CCC2)c1C(=O)Nc1ncc(-c2ccc(Cl)cc2)s1. The van der Waals surface area contributed by atoms with E-state index < -0.39 is 0 Å². The fraction of sp³-hybridized carbons (Fsp3) is 0.278. The summed E-state index contributed by atoms with van der Waals surface area (Å²) in [6, 6.07) is 7.57. The number of amides is 1. The minimum Gasteiger partial charge on any atom is -0.296 e. The molecule has 5 nitrogen and oxygen atoms in total. The average Bonchev–Trinajstić information content (AvgIpc) is 3.14. The highest BCUT2D eigenvalue weighted by molar-refractivity contribution is 7.19. The molecular formula is C18H17ClN4OS. The first-order valence-corrected chi connectivity index (χ1v) is 9.36. The van der Waals surface area contributed by atoms with Crippen LogP contribution in [0.15, 0.2) is 36.7 Å². The largest absolute Gasteiger partial charge is 0.296 e. The van der Waals surface area contributed by atoms with E-state index in [1.807, 2.05) is 30.5 Å². The molecule has 2 heterocycles. The number of nitrogens with one attached hydrogen (secondary N) is 1. The van der Waals surface area contributed by atoms with Gasteiger partial charge in [-0.15, -0.1) is 0 Å². The zero-order chi connectivity index (χ0) is 17.4. The highest BCUT2D eigenvalue weighted by Gasteiger charge is 2.28. The lowest BCUT2D eigenvalue weighted by molar-refractivity contribution is 0.101. The van der Waals surface area contributed by atoms with Crippen LogP contribution in [0, 0.1) is 0 Å². The Morgan fingerprint density at radius 1 is 1.28 bits per heavy atom. The summed E-state index contributed by atoms with van der Waals surface area (Å²) in [4.78, 5) is 18.0. The van der Waals surface area contributed by atoms with Crippen molar-refractivity contribution in [3.8, 4) is 10.4 Å². The van der Waals surface area contributed by atoms with Crippen LogP contribution in [0.5, 0.6) is 0 Å². The first kappa shape index (κ1) is 16.3. The van der Waals surface area contributed by atoms with Crippen molar-refractivity contribution < 1.29 is 4.79 Å². The number of hydrogen-bond donors (Lipinski definition) is 1. The number of halogens is 1. The number of hydrogen-bond acceptors (Lipinski definition) is 4. The maximum Gasteiger partial charge on any atom is 0.275 e. The Labute approximate surface area is 154 Å². The Bertz CT molecular complexity index is 912. The van der Waals surface area contributed by atoms with E-state index in [0.717, 1.165) is 28.8 Å². The minimum atomic E-state index is -0.154. The van der Waals surface area contributed by atoms with Gasteiger partial charge in [-0.25, -0.2) is 4.98 Å². The molecule has 1 aromatic carbocycles. The topological polar surface area (TPSA) is 59.8 Å². The molecule has 0 atom stereocenters. The summed E-state index contributed by atoms with van der Waals surface area (Å²) in [6.45, 7) is 0. The van der Waals surface area contributed by atoms with Gasteiger partial charge in [0, 0.05) is 23.8 Å². The Balaban J connectivity index is 1.54. The second-order valence-electron chi connectivity index (χ2n) is 6.19. The Morgan fingerprint density at radius 2 is 2.04 bits per heavy atom. The Hall–Kier alpha value is -2.18. The van der Waals surface area contributed by atoms with Crippen molar-refractivity contribution in [2.45, 2.75) is 25.2 Å². The van der Waals surface area contributed by atoms with Crippen molar-refractivity contribution in [2.24, 2.45) is 7.05 Å². The molecule has 0 radical (unpaired) electrons. The lowest BCUT2D eigenvalue weighted by Crippen LogP contribution is -2.20. The predicted octanol–water partition coefficient (Wildman–Crippen LogP) is 4.72. The van der Waals surface area contributed by atoms with Gasteiger partial charge < -0.3 is 0 Å². The van der Waals surface area contributed by atoms with Crippen LogP contribution in [0.3, 0.4) is 0 Å². The quantitative estimate of drug-likeness (QED) is 0.721. The predicted molar refractivity (Wildman–Crippen MR) is 100 cm³/mol. The third-order valence-electron chi connectivity index (χ3n) is 4.58. The van der Waals surface area contributed by atoms with Gasteiger partial charge in [0.25, 0.3) is 5.91 Å². The lowest BCUT2D eigenvalue weighted by Gasteiger charge is -2.25. The van der Waals surface area contributed by atoms with E-state index in [2.05, 4.69) is 15.4 Å². The fourth-order valence-corrected chi connectivity index (χ4v) is 3.93.